The highest BCUT2D eigenvalue weighted by Crippen LogP contribution is 2.32. The predicted molar refractivity (Wildman–Crippen MR) is 125 cm³/mol. The molecule has 0 spiro atoms. The van der Waals surface area contributed by atoms with Gasteiger partial charge in [0.2, 0.25) is 0 Å². The minimum atomic E-state index is -0.375. The molecule has 0 amide bonds. The molecule has 0 radical (unpaired) electrons. The summed E-state index contributed by atoms with van der Waals surface area (Å²) >= 11 is 0. The Morgan fingerprint density at radius 3 is 2.28 bits per heavy atom. The van der Waals surface area contributed by atoms with Crippen LogP contribution in [-0.4, -0.2) is 16.1 Å². The quantitative estimate of drug-likeness (QED) is 0.140. The average Bonchev–Trinajstić information content (AvgIpc) is 2.76. The first-order chi connectivity index (χ1) is 15.6. The highest BCUT2D eigenvalue weighted by atomic mass is 16.5. The Balaban J connectivity index is 1.45. The van der Waals surface area contributed by atoms with E-state index in [2.05, 4.69) is 11.9 Å². The molecule has 1 N–H and O–H groups in total. The lowest BCUT2D eigenvalue weighted by atomic mass is 10.1. The number of aromatic nitrogens is 1. The van der Waals surface area contributed by atoms with E-state index in [4.69, 9.17) is 9.15 Å². The number of nitrogens with zero attached hydrogens (tertiary/aromatic N) is 1. The van der Waals surface area contributed by atoms with Gasteiger partial charge in [-0.15, -0.1) is 0 Å². The number of esters is 1. The van der Waals surface area contributed by atoms with Crippen molar-refractivity contribution >= 4 is 17.1 Å². The smallest absolute Gasteiger partial charge is 0.311 e. The lowest BCUT2D eigenvalue weighted by Crippen LogP contribution is -2.12. The number of fused-ring (bicyclic) bond motifs is 2. The van der Waals surface area contributed by atoms with Crippen LogP contribution in [0.25, 0.3) is 22.6 Å². The molecule has 0 bridgehead atoms. The molecule has 0 saturated heterocycles. The Morgan fingerprint density at radius 2 is 1.59 bits per heavy atom. The van der Waals surface area contributed by atoms with E-state index in [0.717, 1.165) is 19.3 Å². The summed E-state index contributed by atoms with van der Waals surface area (Å²) in [5.41, 5.74) is 0.827. The number of benzene rings is 2. The molecule has 6 heteroatoms. The maximum Gasteiger partial charge on any atom is 0.311 e. The molecule has 0 fully saturated rings. The van der Waals surface area contributed by atoms with Gasteiger partial charge in [0.1, 0.15) is 17.0 Å². The fourth-order valence-electron chi connectivity index (χ4n) is 3.85. The van der Waals surface area contributed by atoms with Crippen molar-refractivity contribution in [2.45, 2.75) is 84.0 Å². The number of rotatable bonds is 13. The molecule has 1 aromatic rings. The molecule has 0 atom stereocenters. The molecular weight excluding hydrogens is 406 g/mol. The van der Waals surface area contributed by atoms with E-state index in [9.17, 15) is 14.7 Å². The van der Waals surface area contributed by atoms with Crippen LogP contribution in [0, 0.1) is 0 Å². The SMILES string of the molecule is CCCCCCCCCCCCCC(=O)Oc1cc(=O)cc2oc3cc(O)ccc3nc1-2. The first kappa shape index (κ1) is 23.8. The van der Waals surface area contributed by atoms with Gasteiger partial charge < -0.3 is 14.3 Å². The van der Waals surface area contributed by atoms with Crippen LogP contribution in [0.5, 0.6) is 11.5 Å². The normalized spacial score (nSPS) is 11.3. The fourth-order valence-corrected chi connectivity index (χ4v) is 3.85. The Labute approximate surface area is 189 Å². The van der Waals surface area contributed by atoms with Crippen LogP contribution in [0.15, 0.2) is 39.5 Å². The number of carbonyl (C=O) groups is 1. The number of carbonyl (C=O) groups excluding carboxylic acids is 1. The van der Waals surface area contributed by atoms with Crippen molar-refractivity contribution in [1.29, 1.82) is 0 Å². The molecule has 0 unspecified atom stereocenters. The van der Waals surface area contributed by atoms with Gasteiger partial charge in [-0.3, -0.25) is 9.59 Å². The van der Waals surface area contributed by atoms with Crippen molar-refractivity contribution in [1.82, 2.24) is 4.98 Å². The van der Waals surface area contributed by atoms with Crippen LogP contribution < -0.4 is 10.2 Å². The van der Waals surface area contributed by atoms with Crippen molar-refractivity contribution in [3.63, 3.8) is 0 Å². The van der Waals surface area contributed by atoms with Crippen molar-refractivity contribution in [3.8, 4) is 23.0 Å². The highest BCUT2D eigenvalue weighted by molar-refractivity contribution is 5.81. The first-order valence-corrected chi connectivity index (χ1v) is 11.8. The van der Waals surface area contributed by atoms with Gasteiger partial charge in [0, 0.05) is 24.6 Å². The minimum Gasteiger partial charge on any atom is -0.508 e. The van der Waals surface area contributed by atoms with Crippen molar-refractivity contribution in [2.24, 2.45) is 0 Å². The van der Waals surface area contributed by atoms with Crippen molar-refractivity contribution < 1.29 is 19.1 Å². The molecule has 2 aliphatic rings. The Bertz CT molecular complexity index is 1040. The van der Waals surface area contributed by atoms with E-state index < -0.39 is 0 Å². The molecule has 0 aromatic heterocycles. The molecule has 1 aliphatic carbocycles. The van der Waals surface area contributed by atoms with E-state index >= 15 is 0 Å². The van der Waals surface area contributed by atoms with Crippen LogP contribution in [0.4, 0.5) is 0 Å². The molecule has 0 saturated carbocycles. The van der Waals surface area contributed by atoms with Gasteiger partial charge in [-0.2, -0.15) is 0 Å². The monoisotopic (exact) mass is 439 g/mol. The van der Waals surface area contributed by atoms with Gasteiger partial charge in [0.25, 0.3) is 0 Å². The summed E-state index contributed by atoms with van der Waals surface area (Å²) in [5.74, 6) is -0.00729. The van der Waals surface area contributed by atoms with Crippen molar-refractivity contribution in [2.75, 3.05) is 0 Å². The van der Waals surface area contributed by atoms with Crippen LogP contribution in [0.3, 0.4) is 0 Å². The second-order valence-electron chi connectivity index (χ2n) is 8.39. The Kier molecular flexibility index (Phi) is 9.08. The Hall–Kier alpha value is -2.89. The highest BCUT2D eigenvalue weighted by Gasteiger charge is 2.19. The molecule has 3 rings (SSSR count). The third-order valence-corrected chi connectivity index (χ3v) is 5.62. The number of unbranched alkanes of at least 4 members (excludes halogenated alkanes) is 10. The standard InChI is InChI=1S/C26H33NO5/c1-2-3-4-5-6-7-8-9-10-11-12-13-25(30)32-24-18-20(29)17-23-26(24)27-21-15-14-19(28)16-22(21)31-23/h14-18,28H,2-13H2,1H3. The fraction of sp³-hybridized carbons (Fsp3) is 0.500. The van der Waals surface area contributed by atoms with Gasteiger partial charge in [-0.25, -0.2) is 4.98 Å². The van der Waals surface area contributed by atoms with Crippen LogP contribution in [0.1, 0.15) is 84.0 Å². The second kappa shape index (κ2) is 12.2. The summed E-state index contributed by atoms with van der Waals surface area (Å²) in [6.07, 6.45) is 13.6. The number of hydrogen-bond donors (Lipinski definition) is 1. The molecule has 6 nitrogen and oxygen atoms in total. The van der Waals surface area contributed by atoms with Crippen molar-refractivity contribution in [3.05, 3.63) is 40.6 Å². The molecular formula is C26H33NO5. The van der Waals surface area contributed by atoms with Crippen LogP contribution in [-0.2, 0) is 4.79 Å². The van der Waals surface area contributed by atoms with E-state index in [1.807, 2.05) is 0 Å². The first-order valence-electron chi connectivity index (χ1n) is 11.8. The zero-order valence-corrected chi connectivity index (χ0v) is 18.9. The summed E-state index contributed by atoms with van der Waals surface area (Å²) in [7, 11) is 0. The third-order valence-electron chi connectivity index (χ3n) is 5.62. The largest absolute Gasteiger partial charge is 0.508 e. The van der Waals surface area contributed by atoms with Gasteiger partial charge in [-0.1, -0.05) is 71.1 Å². The summed E-state index contributed by atoms with van der Waals surface area (Å²) < 4.78 is 11.2. The zero-order chi connectivity index (χ0) is 22.8. The lowest BCUT2D eigenvalue weighted by Gasteiger charge is -2.11. The summed E-state index contributed by atoms with van der Waals surface area (Å²) in [6, 6.07) is 7.09. The molecule has 172 valence electrons. The van der Waals surface area contributed by atoms with Gasteiger partial charge in [0.05, 0.1) is 0 Å². The number of phenolic OH excluding ortho intramolecular Hbond substituents is 1. The summed E-state index contributed by atoms with van der Waals surface area (Å²) in [4.78, 5) is 28.8. The number of phenols is 1. The minimum absolute atomic E-state index is 0.0410. The molecule has 1 aliphatic heterocycles. The van der Waals surface area contributed by atoms with E-state index in [-0.39, 0.29) is 28.7 Å². The number of aromatic hydroxyl groups is 1. The average molecular weight is 440 g/mol. The molecule has 32 heavy (non-hydrogen) atoms. The predicted octanol–water partition coefficient (Wildman–Crippen LogP) is 6.60. The topological polar surface area (TPSA) is 89.6 Å². The third kappa shape index (κ3) is 7.08. The van der Waals surface area contributed by atoms with Gasteiger partial charge >= 0.3 is 5.97 Å². The maximum absolute atomic E-state index is 12.3. The molecule has 1 aromatic carbocycles. The van der Waals surface area contributed by atoms with Gasteiger partial charge in [-0.05, 0) is 18.6 Å². The van der Waals surface area contributed by atoms with E-state index in [1.165, 1.54) is 75.6 Å². The second-order valence-corrected chi connectivity index (χ2v) is 8.39. The number of ether oxygens (including phenoxy) is 1. The van der Waals surface area contributed by atoms with Gasteiger partial charge in [0.15, 0.2) is 22.5 Å². The van der Waals surface area contributed by atoms with E-state index in [0.29, 0.717) is 23.2 Å². The summed E-state index contributed by atoms with van der Waals surface area (Å²) in [6.45, 7) is 2.24. The van der Waals surface area contributed by atoms with E-state index in [1.54, 1.807) is 6.07 Å². The maximum atomic E-state index is 12.3. The zero-order valence-electron chi connectivity index (χ0n) is 18.9. The Morgan fingerprint density at radius 1 is 0.938 bits per heavy atom. The van der Waals surface area contributed by atoms with Crippen LogP contribution in [0.2, 0.25) is 0 Å². The molecule has 1 heterocycles. The van der Waals surface area contributed by atoms with Crippen LogP contribution >= 0.6 is 0 Å². The number of hydrogen-bond acceptors (Lipinski definition) is 6. The lowest BCUT2D eigenvalue weighted by molar-refractivity contribution is -0.134. The summed E-state index contributed by atoms with van der Waals surface area (Å²) in [5, 5.41) is 9.61.